The Labute approximate surface area is 116 Å². The summed E-state index contributed by atoms with van der Waals surface area (Å²) >= 11 is 3.39. The van der Waals surface area contributed by atoms with Crippen molar-refractivity contribution in [2.24, 2.45) is 5.73 Å². The van der Waals surface area contributed by atoms with Crippen molar-refractivity contribution in [3.63, 3.8) is 0 Å². The van der Waals surface area contributed by atoms with Gasteiger partial charge in [-0.05, 0) is 47.8 Å². The van der Waals surface area contributed by atoms with Gasteiger partial charge in [-0.25, -0.2) is 0 Å². The smallest absolute Gasteiger partial charge is 0.224 e. The number of rotatable bonds is 6. The van der Waals surface area contributed by atoms with Crippen LogP contribution in [0.1, 0.15) is 26.2 Å². The van der Waals surface area contributed by atoms with Crippen molar-refractivity contribution < 1.29 is 9.53 Å². The number of ether oxygens (including phenoxy) is 1. The van der Waals surface area contributed by atoms with Crippen molar-refractivity contribution in [1.82, 2.24) is 0 Å². The first-order valence-electron chi connectivity index (χ1n) is 5.92. The number of benzene rings is 1. The Morgan fingerprint density at radius 3 is 2.89 bits per heavy atom. The number of hydrogen-bond acceptors (Lipinski definition) is 3. The normalized spacial score (nSPS) is 12.0. The van der Waals surface area contributed by atoms with Crippen molar-refractivity contribution in [2.45, 2.75) is 32.2 Å². The Hall–Kier alpha value is -1.07. The van der Waals surface area contributed by atoms with Gasteiger partial charge in [-0.1, -0.05) is 0 Å². The van der Waals surface area contributed by atoms with Crippen LogP contribution < -0.4 is 15.8 Å². The summed E-state index contributed by atoms with van der Waals surface area (Å²) in [6, 6.07) is 5.60. The fourth-order valence-electron chi connectivity index (χ4n) is 1.52. The number of amides is 1. The molecule has 3 N–H and O–H groups in total. The van der Waals surface area contributed by atoms with Crippen LogP contribution in [0.25, 0.3) is 0 Å². The first-order chi connectivity index (χ1) is 8.52. The summed E-state index contributed by atoms with van der Waals surface area (Å²) in [4.78, 5) is 11.7. The van der Waals surface area contributed by atoms with Crippen LogP contribution in [0, 0.1) is 0 Å². The average Bonchev–Trinajstić information content (AvgIpc) is 2.31. The summed E-state index contributed by atoms with van der Waals surface area (Å²) in [5, 5.41) is 2.85. The van der Waals surface area contributed by atoms with Crippen molar-refractivity contribution in [1.29, 1.82) is 0 Å². The predicted molar refractivity (Wildman–Crippen MR) is 76.8 cm³/mol. The lowest BCUT2D eigenvalue weighted by Gasteiger charge is -2.09. The highest BCUT2D eigenvalue weighted by Crippen LogP contribution is 2.27. The number of anilines is 1. The van der Waals surface area contributed by atoms with Gasteiger partial charge in [0.25, 0.3) is 0 Å². The second-order valence-corrected chi connectivity index (χ2v) is 5.12. The lowest BCUT2D eigenvalue weighted by Crippen LogP contribution is -2.17. The molecule has 0 saturated carbocycles. The quantitative estimate of drug-likeness (QED) is 0.848. The molecule has 1 aromatic carbocycles. The van der Waals surface area contributed by atoms with Crippen LogP contribution in [-0.4, -0.2) is 19.1 Å². The third-order valence-electron chi connectivity index (χ3n) is 2.51. The van der Waals surface area contributed by atoms with Gasteiger partial charge in [0.05, 0.1) is 12.8 Å². The average molecular weight is 315 g/mol. The number of carbonyl (C=O) groups is 1. The van der Waals surface area contributed by atoms with Crippen LogP contribution >= 0.6 is 15.9 Å². The molecular formula is C13H19BrN2O2. The van der Waals surface area contributed by atoms with Crippen LogP contribution in [-0.2, 0) is 4.79 Å². The molecule has 4 nitrogen and oxygen atoms in total. The third kappa shape index (κ3) is 5.06. The number of halogens is 1. The highest BCUT2D eigenvalue weighted by atomic mass is 79.9. The van der Waals surface area contributed by atoms with E-state index in [-0.39, 0.29) is 11.9 Å². The molecule has 0 aromatic heterocycles. The van der Waals surface area contributed by atoms with Crippen LogP contribution in [0.15, 0.2) is 22.7 Å². The van der Waals surface area contributed by atoms with Gasteiger partial charge in [0.1, 0.15) is 5.75 Å². The monoisotopic (exact) mass is 314 g/mol. The number of nitrogens with two attached hydrogens (primary N) is 1. The Morgan fingerprint density at radius 1 is 1.56 bits per heavy atom. The zero-order valence-corrected chi connectivity index (χ0v) is 12.3. The number of methoxy groups -OCH3 is 1. The summed E-state index contributed by atoms with van der Waals surface area (Å²) in [7, 11) is 1.59. The van der Waals surface area contributed by atoms with E-state index in [0.717, 1.165) is 23.0 Å². The van der Waals surface area contributed by atoms with E-state index in [1.165, 1.54) is 0 Å². The maximum absolute atomic E-state index is 11.7. The number of nitrogens with one attached hydrogen (secondary N) is 1. The van der Waals surface area contributed by atoms with E-state index in [1.54, 1.807) is 13.2 Å². The zero-order valence-electron chi connectivity index (χ0n) is 10.7. The topological polar surface area (TPSA) is 64.3 Å². The summed E-state index contributed by atoms with van der Waals surface area (Å²) < 4.78 is 5.95. The minimum absolute atomic E-state index is 0.00963. The molecule has 100 valence electrons. The summed E-state index contributed by atoms with van der Waals surface area (Å²) in [5.74, 6) is 0.702. The van der Waals surface area contributed by atoms with Gasteiger partial charge in [-0.2, -0.15) is 0 Å². The largest absolute Gasteiger partial charge is 0.497 e. The fourth-order valence-corrected chi connectivity index (χ4v) is 1.87. The molecule has 1 unspecified atom stereocenters. The third-order valence-corrected chi connectivity index (χ3v) is 3.20. The molecule has 1 amide bonds. The summed E-state index contributed by atoms with van der Waals surface area (Å²) in [6.45, 7) is 1.94. The SMILES string of the molecule is COc1ccc(Br)c(NC(=O)CCCC(C)N)c1. The molecule has 0 aliphatic carbocycles. The van der Waals surface area contributed by atoms with Crippen LogP contribution in [0.2, 0.25) is 0 Å². The van der Waals surface area contributed by atoms with E-state index in [4.69, 9.17) is 10.5 Å². The molecular weight excluding hydrogens is 296 g/mol. The summed E-state index contributed by atoms with van der Waals surface area (Å²) in [6.07, 6.45) is 2.13. The lowest BCUT2D eigenvalue weighted by atomic mass is 10.1. The van der Waals surface area contributed by atoms with Crippen molar-refractivity contribution in [3.8, 4) is 5.75 Å². The zero-order chi connectivity index (χ0) is 13.5. The van der Waals surface area contributed by atoms with E-state index in [2.05, 4.69) is 21.2 Å². The van der Waals surface area contributed by atoms with Crippen molar-refractivity contribution in [2.75, 3.05) is 12.4 Å². The maximum Gasteiger partial charge on any atom is 0.224 e. The Kier molecular flexibility index (Phi) is 6.15. The van der Waals surface area contributed by atoms with Gasteiger partial charge in [-0.15, -0.1) is 0 Å². The molecule has 18 heavy (non-hydrogen) atoms. The molecule has 0 bridgehead atoms. The van der Waals surface area contributed by atoms with Crippen LogP contribution in [0.3, 0.4) is 0 Å². The molecule has 0 radical (unpaired) electrons. The molecule has 0 saturated heterocycles. The van der Waals surface area contributed by atoms with Gasteiger partial charge in [0.2, 0.25) is 5.91 Å². The van der Waals surface area contributed by atoms with Gasteiger partial charge in [0.15, 0.2) is 0 Å². The molecule has 0 fully saturated rings. The minimum Gasteiger partial charge on any atom is -0.497 e. The van der Waals surface area contributed by atoms with E-state index >= 15 is 0 Å². The van der Waals surface area contributed by atoms with Crippen molar-refractivity contribution >= 4 is 27.5 Å². The number of carbonyl (C=O) groups excluding carboxylic acids is 1. The first kappa shape index (κ1) is 15.0. The highest BCUT2D eigenvalue weighted by molar-refractivity contribution is 9.10. The molecule has 1 atom stereocenters. The molecule has 0 heterocycles. The molecule has 0 spiro atoms. The molecule has 1 aromatic rings. The van der Waals surface area contributed by atoms with Gasteiger partial charge < -0.3 is 15.8 Å². The van der Waals surface area contributed by atoms with E-state index in [1.807, 2.05) is 19.1 Å². The van der Waals surface area contributed by atoms with Crippen LogP contribution in [0.5, 0.6) is 5.75 Å². The van der Waals surface area contributed by atoms with Gasteiger partial charge >= 0.3 is 0 Å². The van der Waals surface area contributed by atoms with E-state index < -0.39 is 0 Å². The van der Waals surface area contributed by atoms with E-state index in [0.29, 0.717) is 12.2 Å². The minimum atomic E-state index is -0.00963. The standard InChI is InChI=1S/C13H19BrN2O2/c1-9(15)4-3-5-13(17)16-12-8-10(18-2)6-7-11(12)14/h6-9H,3-5,15H2,1-2H3,(H,16,17). The predicted octanol–water partition coefficient (Wildman–Crippen LogP) is 2.91. The first-order valence-corrected chi connectivity index (χ1v) is 6.71. The molecule has 1 rings (SSSR count). The fraction of sp³-hybridized carbons (Fsp3) is 0.462. The van der Waals surface area contributed by atoms with Crippen LogP contribution in [0.4, 0.5) is 5.69 Å². The summed E-state index contributed by atoms with van der Waals surface area (Å²) in [5.41, 5.74) is 6.36. The Bertz CT molecular complexity index is 408. The Morgan fingerprint density at radius 2 is 2.28 bits per heavy atom. The maximum atomic E-state index is 11.7. The van der Waals surface area contributed by atoms with Gasteiger partial charge in [-0.3, -0.25) is 4.79 Å². The van der Waals surface area contributed by atoms with Gasteiger partial charge in [0, 0.05) is 23.0 Å². The Balaban J connectivity index is 2.53. The molecule has 0 aliphatic rings. The highest BCUT2D eigenvalue weighted by Gasteiger charge is 2.07. The molecule has 0 aliphatic heterocycles. The van der Waals surface area contributed by atoms with Crippen molar-refractivity contribution in [3.05, 3.63) is 22.7 Å². The second kappa shape index (κ2) is 7.38. The lowest BCUT2D eigenvalue weighted by molar-refractivity contribution is -0.116. The second-order valence-electron chi connectivity index (χ2n) is 4.26. The molecule has 5 heteroatoms. The number of hydrogen-bond donors (Lipinski definition) is 2. The van der Waals surface area contributed by atoms with E-state index in [9.17, 15) is 4.79 Å².